The Morgan fingerprint density at radius 2 is 2.13 bits per heavy atom. The molecule has 13 heteroatoms. The first kappa shape index (κ1) is 16.2. The molecule has 3 rings (SSSR count). The standard InChI is InChI=1S/C10H14N5O7P/c11-7-4-8(13-1-12-4)14-2-15(7)9-5(16)6(17)10(22-9)21-3-23(18,19)20/h1-2,5-6,9-11,16-17H,3H2,(H,12,13)(H2,18,19,20)/t5-,6+,9-,10+/m1/s1. The summed E-state index contributed by atoms with van der Waals surface area (Å²) in [5, 5.41) is 28.0. The highest BCUT2D eigenvalue weighted by Crippen LogP contribution is 2.37. The van der Waals surface area contributed by atoms with E-state index in [0.29, 0.717) is 11.2 Å². The number of aromatic amines is 1. The largest absolute Gasteiger partial charge is 0.385 e. The highest BCUT2D eigenvalue weighted by Gasteiger charge is 2.45. The lowest BCUT2D eigenvalue weighted by atomic mass is 10.2. The lowest BCUT2D eigenvalue weighted by Gasteiger charge is -2.17. The predicted octanol–water partition coefficient (Wildman–Crippen LogP) is -2.03. The van der Waals surface area contributed by atoms with Gasteiger partial charge in [-0.15, -0.1) is 0 Å². The molecule has 4 atom stereocenters. The zero-order valence-corrected chi connectivity index (χ0v) is 12.4. The van der Waals surface area contributed by atoms with E-state index in [9.17, 15) is 14.8 Å². The Kier molecular flexibility index (Phi) is 4.06. The molecular weight excluding hydrogens is 333 g/mol. The van der Waals surface area contributed by atoms with E-state index in [1.54, 1.807) is 0 Å². The average molecular weight is 347 g/mol. The highest BCUT2D eigenvalue weighted by atomic mass is 31.2. The lowest BCUT2D eigenvalue weighted by Crippen LogP contribution is -2.35. The van der Waals surface area contributed by atoms with E-state index >= 15 is 0 Å². The maximum absolute atomic E-state index is 10.8. The van der Waals surface area contributed by atoms with Gasteiger partial charge in [0.1, 0.15) is 24.1 Å². The number of aromatic nitrogens is 4. The van der Waals surface area contributed by atoms with E-state index in [1.807, 2.05) is 0 Å². The third-order valence-electron chi connectivity index (χ3n) is 3.29. The Balaban J connectivity index is 1.86. The number of rotatable bonds is 4. The molecule has 0 radical (unpaired) electrons. The Morgan fingerprint density at radius 3 is 2.83 bits per heavy atom. The summed E-state index contributed by atoms with van der Waals surface area (Å²) < 4.78 is 22.0. The van der Waals surface area contributed by atoms with Crippen LogP contribution in [-0.2, 0) is 14.0 Å². The van der Waals surface area contributed by atoms with Crippen molar-refractivity contribution in [1.29, 1.82) is 5.41 Å². The summed E-state index contributed by atoms with van der Waals surface area (Å²) in [7, 11) is -4.45. The van der Waals surface area contributed by atoms with Crippen LogP contribution in [-0.4, -0.2) is 64.4 Å². The van der Waals surface area contributed by atoms with E-state index in [1.165, 1.54) is 12.7 Å². The Labute approximate surface area is 128 Å². The van der Waals surface area contributed by atoms with Crippen LogP contribution in [0.15, 0.2) is 12.7 Å². The number of nitrogens with zero attached hydrogens (tertiary/aromatic N) is 3. The molecule has 0 saturated carbocycles. The van der Waals surface area contributed by atoms with E-state index < -0.39 is 38.7 Å². The van der Waals surface area contributed by atoms with Crippen LogP contribution in [0.1, 0.15) is 6.23 Å². The number of nitrogens with one attached hydrogen (secondary N) is 2. The van der Waals surface area contributed by atoms with Crippen LogP contribution in [0.5, 0.6) is 0 Å². The first-order valence-electron chi connectivity index (χ1n) is 6.40. The van der Waals surface area contributed by atoms with Crippen LogP contribution in [0, 0.1) is 5.41 Å². The smallest absolute Gasteiger partial charge is 0.351 e. The third kappa shape index (κ3) is 3.05. The number of ether oxygens (including phenoxy) is 2. The molecular formula is C10H14N5O7P. The normalized spacial score (nSPS) is 28.5. The van der Waals surface area contributed by atoms with Gasteiger partial charge in [-0.05, 0) is 0 Å². The summed E-state index contributed by atoms with van der Waals surface area (Å²) in [6, 6.07) is 0. The summed E-state index contributed by atoms with van der Waals surface area (Å²) in [6.07, 6.45) is -4.09. The van der Waals surface area contributed by atoms with Gasteiger partial charge in [0.25, 0.3) is 0 Å². The van der Waals surface area contributed by atoms with Gasteiger partial charge < -0.3 is 34.5 Å². The molecule has 0 aliphatic carbocycles. The highest BCUT2D eigenvalue weighted by molar-refractivity contribution is 7.51. The SMILES string of the molecule is N=c1c2[nH]cnc2ncn1[C@@H]1O[C@H](OCP(=O)(O)O)[C@@H](O)[C@H]1O. The molecule has 12 nitrogen and oxygen atoms in total. The second-order valence-corrected chi connectivity index (χ2v) is 6.53. The number of fused-ring (bicyclic) bond motifs is 1. The topological polar surface area (TPSA) is 187 Å². The fraction of sp³-hybridized carbons (Fsp3) is 0.500. The number of aliphatic hydroxyl groups is 2. The van der Waals surface area contributed by atoms with Gasteiger partial charge >= 0.3 is 7.60 Å². The second-order valence-electron chi connectivity index (χ2n) is 4.94. The average Bonchev–Trinajstić information content (AvgIpc) is 3.05. The molecule has 0 unspecified atom stereocenters. The molecule has 3 heterocycles. The van der Waals surface area contributed by atoms with Crippen molar-refractivity contribution in [3.63, 3.8) is 0 Å². The van der Waals surface area contributed by atoms with E-state index in [0.717, 1.165) is 4.57 Å². The van der Waals surface area contributed by atoms with Crippen LogP contribution in [0.25, 0.3) is 11.2 Å². The third-order valence-corrected chi connectivity index (χ3v) is 3.78. The molecule has 0 amide bonds. The molecule has 2 aromatic heterocycles. The minimum atomic E-state index is -4.45. The van der Waals surface area contributed by atoms with Crippen molar-refractivity contribution in [3.05, 3.63) is 18.1 Å². The zero-order chi connectivity index (χ0) is 16.8. The monoisotopic (exact) mass is 347 g/mol. The van der Waals surface area contributed by atoms with Gasteiger partial charge in [0.2, 0.25) is 0 Å². The summed E-state index contributed by atoms with van der Waals surface area (Å²) in [5.41, 5.74) is 0.505. The van der Waals surface area contributed by atoms with Gasteiger partial charge in [-0.2, -0.15) is 0 Å². The van der Waals surface area contributed by atoms with Crippen LogP contribution in [0.2, 0.25) is 0 Å². The quantitative estimate of drug-likeness (QED) is 0.339. The molecule has 1 aliphatic heterocycles. The molecule has 126 valence electrons. The van der Waals surface area contributed by atoms with Gasteiger partial charge in [-0.3, -0.25) is 14.5 Å². The van der Waals surface area contributed by atoms with Gasteiger partial charge in [0.05, 0.1) is 6.33 Å². The van der Waals surface area contributed by atoms with Crippen LogP contribution >= 0.6 is 7.60 Å². The van der Waals surface area contributed by atoms with Crippen molar-refractivity contribution in [1.82, 2.24) is 19.5 Å². The summed E-state index contributed by atoms with van der Waals surface area (Å²) in [5.74, 6) is 0. The Morgan fingerprint density at radius 1 is 1.39 bits per heavy atom. The number of H-pyrrole nitrogens is 1. The number of aliphatic hydroxyl groups excluding tert-OH is 2. The van der Waals surface area contributed by atoms with E-state index in [4.69, 9.17) is 24.7 Å². The molecule has 1 saturated heterocycles. The van der Waals surface area contributed by atoms with Crippen molar-refractivity contribution >= 4 is 18.8 Å². The first-order valence-corrected chi connectivity index (χ1v) is 8.20. The molecule has 0 aromatic carbocycles. The molecule has 2 aromatic rings. The van der Waals surface area contributed by atoms with Crippen molar-refractivity contribution in [2.45, 2.75) is 24.7 Å². The number of imidazole rings is 1. The van der Waals surface area contributed by atoms with Gasteiger partial charge in [0, 0.05) is 0 Å². The maximum atomic E-state index is 10.8. The minimum Gasteiger partial charge on any atom is -0.385 e. The van der Waals surface area contributed by atoms with Gasteiger partial charge in [0.15, 0.2) is 30.0 Å². The van der Waals surface area contributed by atoms with Gasteiger partial charge in [-0.25, -0.2) is 9.97 Å². The minimum absolute atomic E-state index is 0.0978. The van der Waals surface area contributed by atoms with Crippen molar-refractivity contribution in [2.75, 3.05) is 6.35 Å². The molecule has 0 bridgehead atoms. The summed E-state index contributed by atoms with van der Waals surface area (Å²) in [4.78, 5) is 28.1. The molecule has 1 fully saturated rings. The first-order chi connectivity index (χ1) is 10.8. The fourth-order valence-electron chi connectivity index (χ4n) is 2.22. The molecule has 6 N–H and O–H groups in total. The maximum Gasteiger partial charge on any atom is 0.351 e. The van der Waals surface area contributed by atoms with E-state index in [-0.39, 0.29) is 5.49 Å². The fourth-order valence-corrected chi connectivity index (χ4v) is 2.56. The summed E-state index contributed by atoms with van der Waals surface area (Å²) in [6.45, 7) is 0. The molecule has 23 heavy (non-hydrogen) atoms. The van der Waals surface area contributed by atoms with Crippen LogP contribution in [0.4, 0.5) is 0 Å². The van der Waals surface area contributed by atoms with Crippen molar-refractivity contribution in [2.24, 2.45) is 0 Å². The predicted molar refractivity (Wildman–Crippen MR) is 71.7 cm³/mol. The van der Waals surface area contributed by atoms with Crippen LogP contribution < -0.4 is 5.49 Å². The van der Waals surface area contributed by atoms with Gasteiger partial charge in [-0.1, -0.05) is 0 Å². The molecule has 1 aliphatic rings. The number of hydrogen-bond acceptors (Lipinski definition) is 8. The van der Waals surface area contributed by atoms with E-state index in [2.05, 4.69) is 15.0 Å². The molecule has 0 spiro atoms. The lowest BCUT2D eigenvalue weighted by molar-refractivity contribution is -0.168. The Hall–Kier alpha value is -1.66. The second kappa shape index (κ2) is 5.76. The van der Waals surface area contributed by atoms with Crippen molar-refractivity contribution < 1.29 is 34.0 Å². The van der Waals surface area contributed by atoms with Crippen molar-refractivity contribution in [3.8, 4) is 0 Å². The zero-order valence-electron chi connectivity index (χ0n) is 11.5. The van der Waals surface area contributed by atoms with Crippen LogP contribution in [0.3, 0.4) is 0 Å². The number of hydrogen-bond donors (Lipinski definition) is 6. The summed E-state index contributed by atoms with van der Waals surface area (Å²) >= 11 is 0. The Bertz CT molecular complexity index is 815.